The number of carbonyl (C=O) groups is 2. The number of piperidine rings is 1. The summed E-state index contributed by atoms with van der Waals surface area (Å²) in [4.78, 5) is 25.2. The van der Waals surface area contributed by atoms with Gasteiger partial charge in [-0.15, -0.1) is 0 Å². The van der Waals surface area contributed by atoms with Crippen LogP contribution in [0.5, 0.6) is 0 Å². The average molecular weight is 345 g/mol. The zero-order valence-corrected chi connectivity index (χ0v) is 15.5. The third-order valence-electron chi connectivity index (χ3n) is 4.89. The minimum absolute atomic E-state index is 0.0822. The molecule has 0 atom stereocenters. The van der Waals surface area contributed by atoms with Gasteiger partial charge in [-0.05, 0) is 49.1 Å². The Labute approximate surface area is 151 Å². The zero-order valence-electron chi connectivity index (χ0n) is 15.5. The van der Waals surface area contributed by atoms with E-state index in [1.54, 1.807) is 7.05 Å². The van der Waals surface area contributed by atoms with Crippen molar-refractivity contribution >= 4 is 11.9 Å². The maximum absolute atomic E-state index is 12.0. The Hall–Kier alpha value is -2.04. The van der Waals surface area contributed by atoms with Gasteiger partial charge >= 0.3 is 6.03 Å². The second-order valence-electron chi connectivity index (χ2n) is 6.86. The lowest BCUT2D eigenvalue weighted by atomic mass is 9.90. The Bertz CT molecular complexity index is 549. The van der Waals surface area contributed by atoms with E-state index >= 15 is 0 Å². The monoisotopic (exact) mass is 345 g/mol. The SMILES string of the molecule is CCCNC(=O)N1CCC(Cc2ccc(CCC(=O)NC)cc2)CC1. The predicted molar refractivity (Wildman–Crippen MR) is 101 cm³/mol. The highest BCUT2D eigenvalue weighted by Crippen LogP contribution is 2.22. The first-order chi connectivity index (χ1) is 12.1. The van der Waals surface area contributed by atoms with E-state index in [9.17, 15) is 9.59 Å². The van der Waals surface area contributed by atoms with Crippen LogP contribution in [0.4, 0.5) is 4.79 Å². The summed E-state index contributed by atoms with van der Waals surface area (Å²) in [5.41, 5.74) is 2.55. The van der Waals surface area contributed by atoms with Crippen molar-refractivity contribution in [3.05, 3.63) is 35.4 Å². The van der Waals surface area contributed by atoms with Gasteiger partial charge in [0.15, 0.2) is 0 Å². The van der Waals surface area contributed by atoms with Crippen molar-refractivity contribution in [1.29, 1.82) is 0 Å². The molecule has 2 N–H and O–H groups in total. The maximum atomic E-state index is 12.0. The van der Waals surface area contributed by atoms with Gasteiger partial charge in [0.25, 0.3) is 0 Å². The first-order valence-electron chi connectivity index (χ1n) is 9.43. The standard InChI is InChI=1S/C20H31N3O2/c1-3-12-22-20(25)23-13-10-18(11-14-23)15-17-6-4-16(5-7-17)8-9-19(24)21-2/h4-7,18H,3,8-15H2,1-2H3,(H,21,24)(H,22,25). The molecule has 3 amide bonds. The summed E-state index contributed by atoms with van der Waals surface area (Å²) in [6.07, 6.45) is 5.50. The molecule has 0 saturated carbocycles. The Morgan fingerprint density at radius 1 is 1.12 bits per heavy atom. The van der Waals surface area contributed by atoms with Crippen LogP contribution < -0.4 is 10.6 Å². The van der Waals surface area contributed by atoms with Crippen LogP contribution in [-0.2, 0) is 17.6 Å². The fourth-order valence-electron chi connectivity index (χ4n) is 3.24. The molecule has 1 aliphatic heterocycles. The molecule has 0 radical (unpaired) electrons. The summed E-state index contributed by atoms with van der Waals surface area (Å²) in [5.74, 6) is 0.728. The molecule has 1 aromatic carbocycles. The number of nitrogens with zero attached hydrogens (tertiary/aromatic N) is 1. The molecule has 138 valence electrons. The highest BCUT2D eigenvalue weighted by Gasteiger charge is 2.22. The smallest absolute Gasteiger partial charge is 0.317 e. The number of urea groups is 1. The number of carbonyl (C=O) groups excluding carboxylic acids is 2. The Balaban J connectivity index is 1.74. The van der Waals surface area contributed by atoms with Crippen molar-refractivity contribution < 1.29 is 9.59 Å². The molecule has 1 fully saturated rings. The molecular formula is C20H31N3O2. The molecular weight excluding hydrogens is 314 g/mol. The quantitative estimate of drug-likeness (QED) is 0.798. The number of hydrogen-bond acceptors (Lipinski definition) is 2. The number of aryl methyl sites for hydroxylation is 1. The molecule has 1 heterocycles. The van der Waals surface area contributed by atoms with E-state index in [1.165, 1.54) is 11.1 Å². The second-order valence-corrected chi connectivity index (χ2v) is 6.86. The fourth-order valence-corrected chi connectivity index (χ4v) is 3.24. The van der Waals surface area contributed by atoms with Gasteiger partial charge in [0.1, 0.15) is 0 Å². The molecule has 0 spiro atoms. The van der Waals surface area contributed by atoms with Crippen LogP contribution in [0.3, 0.4) is 0 Å². The summed E-state index contributed by atoms with van der Waals surface area (Å²) in [7, 11) is 1.67. The lowest BCUT2D eigenvalue weighted by molar-refractivity contribution is -0.120. The van der Waals surface area contributed by atoms with Crippen LogP contribution in [0.2, 0.25) is 0 Å². The minimum atomic E-state index is 0.0822. The van der Waals surface area contributed by atoms with Crippen molar-refractivity contribution in [3.63, 3.8) is 0 Å². The van der Waals surface area contributed by atoms with Crippen molar-refractivity contribution in [3.8, 4) is 0 Å². The molecule has 0 aliphatic carbocycles. The summed E-state index contributed by atoms with van der Waals surface area (Å²) < 4.78 is 0. The number of benzene rings is 1. The van der Waals surface area contributed by atoms with E-state index in [4.69, 9.17) is 0 Å². The van der Waals surface area contributed by atoms with Crippen molar-refractivity contribution in [1.82, 2.24) is 15.5 Å². The molecule has 2 rings (SSSR count). The molecule has 1 aromatic rings. The molecule has 0 aromatic heterocycles. The lowest BCUT2D eigenvalue weighted by Crippen LogP contribution is -2.44. The Morgan fingerprint density at radius 3 is 2.36 bits per heavy atom. The highest BCUT2D eigenvalue weighted by atomic mass is 16.2. The first kappa shape index (κ1) is 19.3. The van der Waals surface area contributed by atoms with Crippen molar-refractivity contribution in [2.24, 2.45) is 5.92 Å². The molecule has 0 bridgehead atoms. The molecule has 1 saturated heterocycles. The fraction of sp³-hybridized carbons (Fsp3) is 0.600. The third-order valence-corrected chi connectivity index (χ3v) is 4.89. The van der Waals surface area contributed by atoms with Gasteiger partial charge in [-0.25, -0.2) is 4.79 Å². The van der Waals surface area contributed by atoms with Gasteiger partial charge < -0.3 is 15.5 Å². The van der Waals surface area contributed by atoms with Gasteiger partial charge in [-0.3, -0.25) is 4.79 Å². The summed E-state index contributed by atoms with van der Waals surface area (Å²) >= 11 is 0. The molecule has 1 aliphatic rings. The normalized spacial score (nSPS) is 15.0. The van der Waals surface area contributed by atoms with Crippen LogP contribution in [0.1, 0.15) is 43.7 Å². The third kappa shape index (κ3) is 6.40. The lowest BCUT2D eigenvalue weighted by Gasteiger charge is -2.32. The van der Waals surface area contributed by atoms with E-state index in [0.717, 1.165) is 51.7 Å². The van der Waals surface area contributed by atoms with E-state index in [2.05, 4.69) is 41.8 Å². The molecule has 5 heteroatoms. The summed E-state index contributed by atoms with van der Waals surface area (Å²) in [6.45, 7) is 4.52. The molecule has 5 nitrogen and oxygen atoms in total. The maximum Gasteiger partial charge on any atom is 0.317 e. The van der Waals surface area contributed by atoms with Gasteiger partial charge in [-0.1, -0.05) is 31.2 Å². The molecule has 25 heavy (non-hydrogen) atoms. The van der Waals surface area contributed by atoms with E-state index < -0.39 is 0 Å². The van der Waals surface area contributed by atoms with Crippen LogP contribution in [-0.4, -0.2) is 43.5 Å². The molecule has 0 unspecified atom stereocenters. The number of rotatable bonds is 7. The Morgan fingerprint density at radius 2 is 1.76 bits per heavy atom. The number of amides is 3. The van der Waals surface area contributed by atoms with Gasteiger partial charge in [-0.2, -0.15) is 0 Å². The summed E-state index contributed by atoms with van der Waals surface area (Å²) in [5, 5.41) is 5.61. The topological polar surface area (TPSA) is 61.4 Å². The second kappa shape index (κ2) is 10.1. The largest absolute Gasteiger partial charge is 0.359 e. The van der Waals surface area contributed by atoms with Crippen LogP contribution >= 0.6 is 0 Å². The first-order valence-corrected chi connectivity index (χ1v) is 9.43. The van der Waals surface area contributed by atoms with Gasteiger partial charge in [0.2, 0.25) is 5.91 Å². The zero-order chi connectivity index (χ0) is 18.1. The average Bonchev–Trinajstić information content (AvgIpc) is 2.65. The van der Waals surface area contributed by atoms with Crippen molar-refractivity contribution in [2.75, 3.05) is 26.7 Å². The Kier molecular flexibility index (Phi) is 7.76. The highest BCUT2D eigenvalue weighted by molar-refractivity contribution is 5.75. The van der Waals surface area contributed by atoms with E-state index in [1.807, 2.05) is 4.90 Å². The number of nitrogens with one attached hydrogen (secondary N) is 2. The van der Waals surface area contributed by atoms with Gasteiger partial charge in [0.05, 0.1) is 0 Å². The van der Waals surface area contributed by atoms with Crippen LogP contribution in [0.15, 0.2) is 24.3 Å². The van der Waals surface area contributed by atoms with Gasteiger partial charge in [0, 0.05) is 33.1 Å². The van der Waals surface area contributed by atoms with E-state index in [0.29, 0.717) is 12.3 Å². The number of likely N-dealkylation sites (tertiary alicyclic amines) is 1. The number of hydrogen-bond donors (Lipinski definition) is 2. The predicted octanol–water partition coefficient (Wildman–Crippen LogP) is 2.74. The van der Waals surface area contributed by atoms with E-state index in [-0.39, 0.29) is 11.9 Å². The summed E-state index contributed by atoms with van der Waals surface area (Å²) in [6, 6.07) is 8.71. The van der Waals surface area contributed by atoms with Crippen molar-refractivity contribution in [2.45, 2.75) is 45.4 Å². The van der Waals surface area contributed by atoms with Crippen LogP contribution in [0, 0.1) is 5.92 Å². The minimum Gasteiger partial charge on any atom is -0.359 e. The van der Waals surface area contributed by atoms with Crippen LogP contribution in [0.25, 0.3) is 0 Å².